The first kappa shape index (κ1) is 14.7. The van der Waals surface area contributed by atoms with Crippen LogP contribution in [0.1, 0.15) is 11.4 Å². The largest absolute Gasteiger partial charge is 0.497 e. The molecule has 4 rings (SSSR count). The fourth-order valence-corrected chi connectivity index (χ4v) is 3.46. The van der Waals surface area contributed by atoms with Crippen molar-refractivity contribution in [1.29, 1.82) is 0 Å². The van der Waals surface area contributed by atoms with Gasteiger partial charge in [0.15, 0.2) is 0 Å². The van der Waals surface area contributed by atoms with Gasteiger partial charge in [-0.15, -0.1) is 0 Å². The maximum Gasteiger partial charge on any atom is 0.120 e. The molecule has 0 aliphatic heterocycles. The molecule has 0 radical (unpaired) electrons. The molecule has 2 N–H and O–H groups in total. The van der Waals surface area contributed by atoms with Gasteiger partial charge in [0.2, 0.25) is 0 Å². The second kappa shape index (κ2) is 5.34. The van der Waals surface area contributed by atoms with Gasteiger partial charge >= 0.3 is 0 Å². The first-order valence-corrected chi connectivity index (χ1v) is 7.94. The summed E-state index contributed by atoms with van der Waals surface area (Å²) in [5.74, 6) is 1.71. The number of aromatic amines is 2. The highest BCUT2D eigenvalue weighted by atomic mass is 16.5. The zero-order valence-electron chi connectivity index (χ0n) is 14.3. The van der Waals surface area contributed by atoms with Crippen molar-refractivity contribution >= 4 is 21.8 Å². The molecule has 0 amide bonds. The van der Waals surface area contributed by atoms with Crippen molar-refractivity contribution < 1.29 is 9.47 Å². The molecule has 24 heavy (non-hydrogen) atoms. The van der Waals surface area contributed by atoms with Crippen LogP contribution in [-0.4, -0.2) is 24.2 Å². The van der Waals surface area contributed by atoms with Gasteiger partial charge in [-0.1, -0.05) is 0 Å². The second-order valence-electron chi connectivity index (χ2n) is 6.13. The lowest BCUT2D eigenvalue weighted by Crippen LogP contribution is -1.87. The molecule has 2 aromatic heterocycles. The van der Waals surface area contributed by atoms with E-state index in [0.29, 0.717) is 0 Å². The maximum atomic E-state index is 5.51. The van der Waals surface area contributed by atoms with Crippen molar-refractivity contribution in [2.45, 2.75) is 13.8 Å². The molecular weight excluding hydrogens is 300 g/mol. The summed E-state index contributed by atoms with van der Waals surface area (Å²) in [5.41, 5.74) is 6.80. The SMILES string of the molecule is COc1cc(-c2c(C)[nH]c3cc(OC)ccc23)c2[nH]c(C)cc2c1. The lowest BCUT2D eigenvalue weighted by Gasteiger charge is -2.08. The molecule has 0 fully saturated rings. The van der Waals surface area contributed by atoms with E-state index in [-0.39, 0.29) is 0 Å². The molecule has 2 aromatic carbocycles. The average molecular weight is 320 g/mol. The first-order chi connectivity index (χ1) is 11.6. The predicted octanol–water partition coefficient (Wildman–Crippen LogP) is 4.95. The van der Waals surface area contributed by atoms with Crippen LogP contribution in [0.4, 0.5) is 0 Å². The number of aromatic nitrogens is 2. The lowest BCUT2D eigenvalue weighted by molar-refractivity contribution is 0.415. The van der Waals surface area contributed by atoms with Crippen LogP contribution in [0.15, 0.2) is 36.4 Å². The van der Waals surface area contributed by atoms with Crippen molar-refractivity contribution in [3.05, 3.63) is 47.8 Å². The standard InChI is InChI=1S/C20H20N2O2/c1-11-7-13-8-15(24-4)9-17(20(13)21-11)19-12(2)22-18-10-14(23-3)5-6-16(18)19/h5-10,21-22H,1-4H3. The third-order valence-corrected chi connectivity index (χ3v) is 4.53. The monoisotopic (exact) mass is 320 g/mol. The van der Waals surface area contributed by atoms with Gasteiger partial charge in [0.25, 0.3) is 0 Å². The minimum atomic E-state index is 0.849. The number of methoxy groups -OCH3 is 2. The van der Waals surface area contributed by atoms with Gasteiger partial charge in [-0.3, -0.25) is 0 Å². The van der Waals surface area contributed by atoms with Crippen LogP contribution in [0.2, 0.25) is 0 Å². The molecule has 0 unspecified atom stereocenters. The highest BCUT2D eigenvalue weighted by molar-refractivity contribution is 6.06. The summed E-state index contributed by atoms with van der Waals surface area (Å²) in [7, 11) is 3.39. The minimum Gasteiger partial charge on any atom is -0.497 e. The van der Waals surface area contributed by atoms with Crippen LogP contribution in [0.5, 0.6) is 11.5 Å². The fraction of sp³-hybridized carbons (Fsp3) is 0.200. The Balaban J connectivity index is 2.07. The minimum absolute atomic E-state index is 0.849. The van der Waals surface area contributed by atoms with Gasteiger partial charge in [-0.25, -0.2) is 0 Å². The van der Waals surface area contributed by atoms with E-state index in [2.05, 4.69) is 48.1 Å². The summed E-state index contributed by atoms with van der Waals surface area (Å²) in [6, 6.07) is 12.4. The van der Waals surface area contributed by atoms with Crippen LogP contribution in [0.3, 0.4) is 0 Å². The zero-order chi connectivity index (χ0) is 16.8. The van der Waals surface area contributed by atoms with E-state index in [0.717, 1.165) is 44.9 Å². The number of ether oxygens (including phenoxy) is 2. The molecule has 0 bridgehead atoms. The number of hydrogen-bond acceptors (Lipinski definition) is 2. The fourth-order valence-electron chi connectivity index (χ4n) is 3.46. The number of hydrogen-bond donors (Lipinski definition) is 2. The Hall–Kier alpha value is -2.88. The number of fused-ring (bicyclic) bond motifs is 2. The summed E-state index contributed by atoms with van der Waals surface area (Å²) in [5, 5.41) is 2.33. The Labute approximate surface area is 140 Å². The summed E-state index contributed by atoms with van der Waals surface area (Å²) < 4.78 is 10.9. The number of benzene rings is 2. The highest BCUT2D eigenvalue weighted by Gasteiger charge is 2.16. The number of H-pyrrole nitrogens is 2. The van der Waals surface area contributed by atoms with Crippen LogP contribution >= 0.6 is 0 Å². The van der Waals surface area contributed by atoms with E-state index in [9.17, 15) is 0 Å². The number of nitrogens with one attached hydrogen (secondary N) is 2. The van der Waals surface area contributed by atoms with Gasteiger partial charge in [0.1, 0.15) is 11.5 Å². The third-order valence-electron chi connectivity index (χ3n) is 4.53. The van der Waals surface area contributed by atoms with E-state index in [1.807, 2.05) is 12.1 Å². The van der Waals surface area contributed by atoms with Crippen LogP contribution in [0.25, 0.3) is 32.9 Å². The quantitative estimate of drug-likeness (QED) is 0.561. The Morgan fingerprint density at radius 2 is 1.62 bits per heavy atom. The topological polar surface area (TPSA) is 50.0 Å². The highest BCUT2D eigenvalue weighted by Crippen LogP contribution is 2.39. The Morgan fingerprint density at radius 1 is 0.833 bits per heavy atom. The molecule has 2 heterocycles. The van der Waals surface area contributed by atoms with Gasteiger partial charge < -0.3 is 19.4 Å². The van der Waals surface area contributed by atoms with E-state index in [1.165, 1.54) is 10.9 Å². The van der Waals surface area contributed by atoms with Crippen molar-refractivity contribution in [3.8, 4) is 22.6 Å². The Bertz CT molecular complexity index is 1060. The Morgan fingerprint density at radius 3 is 2.38 bits per heavy atom. The van der Waals surface area contributed by atoms with Crippen molar-refractivity contribution in [2.75, 3.05) is 14.2 Å². The lowest BCUT2D eigenvalue weighted by atomic mass is 9.99. The number of aryl methyl sites for hydroxylation is 2. The average Bonchev–Trinajstić information content (AvgIpc) is 3.11. The molecule has 0 saturated carbocycles. The summed E-state index contributed by atoms with van der Waals surface area (Å²) in [6.45, 7) is 4.17. The first-order valence-electron chi connectivity index (χ1n) is 7.94. The summed E-state index contributed by atoms with van der Waals surface area (Å²) in [4.78, 5) is 6.96. The summed E-state index contributed by atoms with van der Waals surface area (Å²) >= 11 is 0. The van der Waals surface area contributed by atoms with E-state index >= 15 is 0 Å². The molecule has 4 aromatic rings. The van der Waals surface area contributed by atoms with E-state index in [1.54, 1.807) is 14.2 Å². The summed E-state index contributed by atoms with van der Waals surface area (Å²) in [6.07, 6.45) is 0. The Kier molecular flexibility index (Phi) is 3.27. The molecule has 4 heteroatoms. The number of rotatable bonds is 3. The predicted molar refractivity (Wildman–Crippen MR) is 98.2 cm³/mol. The molecule has 0 saturated heterocycles. The van der Waals surface area contributed by atoms with Gasteiger partial charge in [0.05, 0.1) is 19.7 Å². The van der Waals surface area contributed by atoms with E-state index < -0.39 is 0 Å². The van der Waals surface area contributed by atoms with Gasteiger partial charge in [-0.2, -0.15) is 0 Å². The zero-order valence-corrected chi connectivity index (χ0v) is 14.3. The normalized spacial score (nSPS) is 11.3. The van der Waals surface area contributed by atoms with Crippen LogP contribution < -0.4 is 9.47 Å². The molecule has 0 aliphatic rings. The van der Waals surface area contributed by atoms with Gasteiger partial charge in [-0.05, 0) is 44.2 Å². The molecular formula is C20H20N2O2. The molecule has 0 atom stereocenters. The van der Waals surface area contributed by atoms with Gasteiger partial charge in [0, 0.05) is 44.9 Å². The van der Waals surface area contributed by atoms with E-state index in [4.69, 9.17) is 9.47 Å². The molecule has 4 nitrogen and oxygen atoms in total. The smallest absolute Gasteiger partial charge is 0.120 e. The second-order valence-corrected chi connectivity index (χ2v) is 6.13. The van der Waals surface area contributed by atoms with Crippen molar-refractivity contribution in [3.63, 3.8) is 0 Å². The molecule has 0 aliphatic carbocycles. The molecule has 122 valence electrons. The van der Waals surface area contributed by atoms with Crippen LogP contribution in [-0.2, 0) is 0 Å². The maximum absolute atomic E-state index is 5.51. The van der Waals surface area contributed by atoms with Crippen LogP contribution in [0, 0.1) is 13.8 Å². The van der Waals surface area contributed by atoms with Crippen molar-refractivity contribution in [1.82, 2.24) is 9.97 Å². The molecule has 0 spiro atoms. The van der Waals surface area contributed by atoms with Crippen molar-refractivity contribution in [2.24, 2.45) is 0 Å². The third kappa shape index (κ3) is 2.14.